The van der Waals surface area contributed by atoms with Crippen LogP contribution in [0.3, 0.4) is 0 Å². The molecule has 1 aromatic heterocycles. The van der Waals surface area contributed by atoms with Gasteiger partial charge in [0.05, 0.1) is 5.69 Å². The largest absolute Gasteiger partial charge is 0.477 e. The standard InChI is InChI=1S/C11H17N3O2S/c1-13-8(4-7-14-5-2-3-6-14)9(10(15)16)12-11(13)17/h2-7H2,1H3,(H,12,17)(H,15,16). The molecule has 1 fully saturated rings. The SMILES string of the molecule is Cn1c(CCN2CCCC2)c(C(=O)O)[nH]c1=S. The van der Waals surface area contributed by atoms with Crippen molar-refractivity contribution >= 4 is 18.2 Å². The van der Waals surface area contributed by atoms with Crippen LogP contribution in [0.25, 0.3) is 0 Å². The number of likely N-dealkylation sites (tertiary alicyclic amines) is 1. The normalized spacial score (nSPS) is 16.5. The van der Waals surface area contributed by atoms with Crippen molar-refractivity contribution in [1.82, 2.24) is 14.5 Å². The molecule has 0 unspecified atom stereocenters. The van der Waals surface area contributed by atoms with Gasteiger partial charge in [-0.1, -0.05) is 0 Å². The highest BCUT2D eigenvalue weighted by Crippen LogP contribution is 2.12. The van der Waals surface area contributed by atoms with Gasteiger partial charge in [-0.15, -0.1) is 0 Å². The van der Waals surface area contributed by atoms with Crippen LogP contribution in [0.2, 0.25) is 0 Å². The quantitative estimate of drug-likeness (QED) is 0.799. The Morgan fingerprint density at radius 3 is 2.71 bits per heavy atom. The summed E-state index contributed by atoms with van der Waals surface area (Å²) in [5.41, 5.74) is 1.02. The van der Waals surface area contributed by atoms with Gasteiger partial charge < -0.3 is 19.6 Å². The fourth-order valence-electron chi connectivity index (χ4n) is 2.29. The van der Waals surface area contributed by atoms with Crippen molar-refractivity contribution in [3.8, 4) is 0 Å². The number of hydrogen-bond acceptors (Lipinski definition) is 3. The number of carboxylic acid groups (broad SMARTS) is 1. The number of rotatable bonds is 4. The minimum atomic E-state index is -0.937. The second-order valence-electron chi connectivity index (χ2n) is 4.41. The number of aromatic nitrogens is 2. The smallest absolute Gasteiger partial charge is 0.354 e. The maximum atomic E-state index is 11.1. The number of imidazole rings is 1. The fraction of sp³-hybridized carbons (Fsp3) is 0.636. The molecule has 6 heteroatoms. The molecule has 1 aliphatic rings. The summed E-state index contributed by atoms with van der Waals surface area (Å²) >= 11 is 5.06. The van der Waals surface area contributed by atoms with Crippen LogP contribution in [0, 0.1) is 4.77 Å². The number of aromatic carboxylic acids is 1. The lowest BCUT2D eigenvalue weighted by Gasteiger charge is -2.14. The summed E-state index contributed by atoms with van der Waals surface area (Å²) in [7, 11) is 1.81. The first-order valence-corrected chi connectivity index (χ1v) is 6.24. The Morgan fingerprint density at radius 2 is 2.12 bits per heavy atom. The first-order chi connectivity index (χ1) is 8.09. The van der Waals surface area contributed by atoms with Gasteiger partial charge >= 0.3 is 5.97 Å². The molecule has 1 aliphatic heterocycles. The number of aromatic amines is 1. The molecule has 0 spiro atoms. The van der Waals surface area contributed by atoms with Gasteiger partial charge in [0, 0.05) is 20.0 Å². The molecule has 1 saturated heterocycles. The van der Waals surface area contributed by atoms with E-state index in [4.69, 9.17) is 17.3 Å². The molecule has 0 aromatic carbocycles. The third kappa shape index (κ3) is 2.58. The van der Waals surface area contributed by atoms with Crippen LogP contribution in [0.1, 0.15) is 29.0 Å². The molecule has 94 valence electrons. The molecule has 0 radical (unpaired) electrons. The van der Waals surface area contributed by atoms with Gasteiger partial charge in [0.15, 0.2) is 4.77 Å². The third-order valence-electron chi connectivity index (χ3n) is 3.31. The Balaban J connectivity index is 2.13. The molecule has 2 rings (SSSR count). The Labute approximate surface area is 105 Å². The first kappa shape index (κ1) is 12.3. The molecule has 0 atom stereocenters. The lowest BCUT2D eigenvalue weighted by Crippen LogP contribution is -2.23. The van der Waals surface area contributed by atoms with Crippen LogP contribution >= 0.6 is 12.2 Å². The summed E-state index contributed by atoms with van der Waals surface area (Å²) in [6.45, 7) is 3.15. The van der Waals surface area contributed by atoms with Gasteiger partial charge in [-0.25, -0.2) is 4.79 Å². The van der Waals surface area contributed by atoms with Gasteiger partial charge in [0.25, 0.3) is 0 Å². The van der Waals surface area contributed by atoms with Crippen LogP contribution in [-0.4, -0.2) is 45.2 Å². The zero-order valence-corrected chi connectivity index (χ0v) is 10.7. The summed E-state index contributed by atoms with van der Waals surface area (Å²) in [6.07, 6.45) is 3.22. The van der Waals surface area contributed by atoms with E-state index in [0.29, 0.717) is 4.77 Å². The maximum absolute atomic E-state index is 11.1. The summed E-state index contributed by atoms with van der Waals surface area (Å²) in [4.78, 5) is 16.2. The predicted octanol–water partition coefficient (Wildman–Crippen LogP) is 1.42. The Morgan fingerprint density at radius 1 is 1.47 bits per heavy atom. The van der Waals surface area contributed by atoms with Crippen LogP contribution in [0.15, 0.2) is 0 Å². The zero-order valence-electron chi connectivity index (χ0n) is 9.90. The molecular formula is C11H17N3O2S. The van der Waals surface area contributed by atoms with Crippen LogP contribution in [-0.2, 0) is 13.5 Å². The topological polar surface area (TPSA) is 61.3 Å². The number of nitrogens with one attached hydrogen (secondary N) is 1. The van der Waals surface area contributed by atoms with Crippen molar-refractivity contribution in [2.45, 2.75) is 19.3 Å². The molecule has 5 nitrogen and oxygen atoms in total. The summed E-state index contributed by atoms with van der Waals surface area (Å²) in [5, 5.41) is 9.09. The van der Waals surface area contributed by atoms with Crippen molar-refractivity contribution in [2.24, 2.45) is 7.05 Å². The number of H-pyrrole nitrogens is 1. The van der Waals surface area contributed by atoms with E-state index in [1.54, 1.807) is 4.57 Å². The highest BCUT2D eigenvalue weighted by Gasteiger charge is 2.18. The third-order valence-corrected chi connectivity index (χ3v) is 3.68. The minimum Gasteiger partial charge on any atom is -0.477 e. The molecule has 0 amide bonds. The molecule has 2 N–H and O–H groups in total. The monoisotopic (exact) mass is 255 g/mol. The number of nitrogens with zero attached hydrogens (tertiary/aromatic N) is 2. The zero-order chi connectivity index (χ0) is 12.4. The Bertz CT molecular complexity index is 472. The van der Waals surface area contributed by atoms with Gasteiger partial charge in [-0.2, -0.15) is 0 Å². The predicted molar refractivity (Wildman–Crippen MR) is 66.9 cm³/mol. The summed E-state index contributed by atoms with van der Waals surface area (Å²) in [6, 6.07) is 0. The molecule has 0 saturated carbocycles. The van der Waals surface area contributed by atoms with Gasteiger partial charge in [0.2, 0.25) is 0 Å². The molecule has 1 aromatic rings. The van der Waals surface area contributed by atoms with E-state index in [-0.39, 0.29) is 5.69 Å². The fourth-order valence-corrected chi connectivity index (χ4v) is 2.51. The number of carbonyl (C=O) groups is 1. The van der Waals surface area contributed by atoms with Crippen molar-refractivity contribution in [3.05, 3.63) is 16.2 Å². The van der Waals surface area contributed by atoms with Gasteiger partial charge in [-0.05, 0) is 38.1 Å². The van der Waals surface area contributed by atoms with E-state index in [1.165, 1.54) is 12.8 Å². The molecule has 2 heterocycles. The molecule has 0 bridgehead atoms. The van der Waals surface area contributed by atoms with E-state index >= 15 is 0 Å². The van der Waals surface area contributed by atoms with E-state index in [0.717, 1.165) is 31.7 Å². The van der Waals surface area contributed by atoms with E-state index < -0.39 is 5.97 Å². The van der Waals surface area contributed by atoms with Gasteiger partial charge in [0.1, 0.15) is 5.69 Å². The lowest BCUT2D eigenvalue weighted by atomic mass is 10.2. The van der Waals surface area contributed by atoms with Crippen LogP contribution in [0.4, 0.5) is 0 Å². The second kappa shape index (κ2) is 5.01. The van der Waals surface area contributed by atoms with E-state index in [2.05, 4.69) is 9.88 Å². The van der Waals surface area contributed by atoms with Crippen LogP contribution in [0.5, 0.6) is 0 Å². The summed E-state index contributed by atoms with van der Waals surface area (Å²) in [5.74, 6) is -0.937. The van der Waals surface area contributed by atoms with Crippen LogP contribution < -0.4 is 0 Å². The van der Waals surface area contributed by atoms with Gasteiger partial charge in [-0.3, -0.25) is 0 Å². The number of carboxylic acids is 1. The minimum absolute atomic E-state index is 0.233. The average molecular weight is 255 g/mol. The molecule has 17 heavy (non-hydrogen) atoms. The second-order valence-corrected chi connectivity index (χ2v) is 4.80. The molecule has 0 aliphatic carbocycles. The van der Waals surface area contributed by atoms with Crippen molar-refractivity contribution in [3.63, 3.8) is 0 Å². The van der Waals surface area contributed by atoms with Crippen molar-refractivity contribution in [2.75, 3.05) is 19.6 Å². The Kier molecular flexibility index (Phi) is 3.63. The lowest BCUT2D eigenvalue weighted by molar-refractivity contribution is 0.0689. The highest BCUT2D eigenvalue weighted by molar-refractivity contribution is 7.71. The van der Waals surface area contributed by atoms with E-state index in [1.807, 2.05) is 7.05 Å². The van der Waals surface area contributed by atoms with E-state index in [9.17, 15) is 4.79 Å². The maximum Gasteiger partial charge on any atom is 0.354 e. The average Bonchev–Trinajstić information content (AvgIpc) is 2.87. The number of hydrogen-bond donors (Lipinski definition) is 2. The van der Waals surface area contributed by atoms with Crippen molar-refractivity contribution in [1.29, 1.82) is 0 Å². The highest BCUT2D eigenvalue weighted by atomic mass is 32.1. The molecular weight excluding hydrogens is 238 g/mol. The first-order valence-electron chi connectivity index (χ1n) is 5.83. The Hall–Kier alpha value is -1.14. The summed E-state index contributed by atoms with van der Waals surface area (Å²) < 4.78 is 2.23. The van der Waals surface area contributed by atoms with Crippen molar-refractivity contribution < 1.29 is 9.90 Å².